The molecule has 0 saturated carbocycles. The molecule has 2 aromatic rings. The highest BCUT2D eigenvalue weighted by Crippen LogP contribution is 2.28. The second-order valence-corrected chi connectivity index (χ2v) is 6.26. The third-order valence-electron chi connectivity index (χ3n) is 4.45. The summed E-state index contributed by atoms with van der Waals surface area (Å²) >= 11 is 0. The molecule has 1 aliphatic heterocycles. The van der Waals surface area contributed by atoms with Gasteiger partial charge in [0.25, 0.3) is 0 Å². The zero-order chi connectivity index (χ0) is 19.8. The van der Waals surface area contributed by atoms with Gasteiger partial charge in [-0.3, -0.25) is 4.57 Å². The average molecular weight is 387 g/mol. The minimum Gasteiger partial charge on any atom is -0.324 e. The smallest absolute Gasteiger partial charge is 0.324 e. The van der Waals surface area contributed by atoms with E-state index in [0.29, 0.717) is 23.1 Å². The molecule has 2 amide bonds. The number of alkyl halides is 3. The maximum Gasteiger partial charge on any atom is 0.451 e. The number of carbonyl (C=O) groups is 1. The Balaban J connectivity index is 1.64. The Labute approximate surface area is 151 Å². The fourth-order valence-electron chi connectivity index (χ4n) is 2.99. The highest BCUT2D eigenvalue weighted by Gasteiger charge is 2.39. The van der Waals surface area contributed by atoms with Gasteiger partial charge < -0.3 is 10.2 Å². The molecule has 0 radical (unpaired) electrons. The largest absolute Gasteiger partial charge is 0.451 e. The second kappa shape index (κ2) is 7.05. The van der Waals surface area contributed by atoms with E-state index in [9.17, 15) is 27.2 Å². The van der Waals surface area contributed by atoms with Crippen LogP contribution in [0.5, 0.6) is 0 Å². The van der Waals surface area contributed by atoms with Gasteiger partial charge in [-0.15, -0.1) is 5.10 Å². The van der Waals surface area contributed by atoms with Crippen LogP contribution in [0.2, 0.25) is 0 Å². The molecule has 11 heteroatoms. The molecule has 27 heavy (non-hydrogen) atoms. The van der Waals surface area contributed by atoms with Crippen molar-refractivity contribution >= 4 is 11.7 Å². The van der Waals surface area contributed by atoms with Crippen LogP contribution in [-0.4, -0.2) is 38.4 Å². The number of rotatable bonds is 2. The van der Waals surface area contributed by atoms with Crippen LogP contribution in [0.25, 0.3) is 0 Å². The second-order valence-electron chi connectivity index (χ2n) is 6.26. The molecule has 0 spiro atoms. The summed E-state index contributed by atoms with van der Waals surface area (Å²) < 4.78 is 52.9. The summed E-state index contributed by atoms with van der Waals surface area (Å²) in [7, 11) is 1.03. The molecular formula is C16H17F4N5O2. The first kappa shape index (κ1) is 18.9. The Morgan fingerprint density at radius 3 is 2.30 bits per heavy atom. The van der Waals surface area contributed by atoms with E-state index in [-0.39, 0.29) is 13.1 Å². The fraction of sp³-hybridized carbons (Fsp3) is 0.438. The van der Waals surface area contributed by atoms with Crippen molar-refractivity contribution in [3.8, 4) is 0 Å². The summed E-state index contributed by atoms with van der Waals surface area (Å²) in [6.07, 6.45) is -4.12. The van der Waals surface area contributed by atoms with Crippen molar-refractivity contribution in [3.63, 3.8) is 0 Å². The summed E-state index contributed by atoms with van der Waals surface area (Å²) in [5, 5.41) is 6.06. The Bertz CT molecular complexity index is 880. The Hall–Kier alpha value is -2.85. The number of piperidine rings is 1. The molecule has 7 nitrogen and oxygen atoms in total. The summed E-state index contributed by atoms with van der Waals surface area (Å²) in [4.78, 5) is 25.8. The molecule has 1 fully saturated rings. The van der Waals surface area contributed by atoms with Crippen LogP contribution in [0.3, 0.4) is 0 Å². The predicted molar refractivity (Wildman–Crippen MR) is 87.7 cm³/mol. The monoisotopic (exact) mass is 387 g/mol. The molecule has 0 aliphatic carbocycles. The number of amides is 2. The Morgan fingerprint density at radius 2 is 1.78 bits per heavy atom. The lowest BCUT2D eigenvalue weighted by Gasteiger charge is -2.31. The third-order valence-corrected chi connectivity index (χ3v) is 4.45. The number of carbonyl (C=O) groups excluding carboxylic acids is 1. The highest BCUT2D eigenvalue weighted by molar-refractivity contribution is 5.89. The van der Waals surface area contributed by atoms with Crippen LogP contribution in [0.15, 0.2) is 29.1 Å². The molecule has 3 rings (SSSR count). The van der Waals surface area contributed by atoms with Gasteiger partial charge in [0.05, 0.1) is 6.04 Å². The van der Waals surface area contributed by atoms with Gasteiger partial charge >= 0.3 is 17.9 Å². The minimum absolute atomic E-state index is 0.252. The van der Waals surface area contributed by atoms with Crippen LogP contribution in [0.1, 0.15) is 24.7 Å². The van der Waals surface area contributed by atoms with Gasteiger partial charge in [0.2, 0.25) is 5.82 Å². The van der Waals surface area contributed by atoms with E-state index in [4.69, 9.17) is 0 Å². The SMILES string of the molecule is Cn1c(C(F)(F)F)nn(C2CCN(C(=O)Nc3ccc(F)cc3)CC2)c1=O. The Kier molecular flexibility index (Phi) is 4.94. The van der Waals surface area contributed by atoms with Crippen LogP contribution >= 0.6 is 0 Å². The van der Waals surface area contributed by atoms with Crippen LogP contribution in [0.4, 0.5) is 28.0 Å². The third kappa shape index (κ3) is 3.96. The van der Waals surface area contributed by atoms with Gasteiger partial charge in [0.1, 0.15) is 5.82 Å². The van der Waals surface area contributed by atoms with Crippen molar-refractivity contribution in [2.75, 3.05) is 18.4 Å². The number of halogens is 4. The molecule has 1 N–H and O–H groups in total. The zero-order valence-electron chi connectivity index (χ0n) is 14.3. The normalized spacial score (nSPS) is 15.8. The number of anilines is 1. The molecule has 1 aromatic heterocycles. The first-order valence-corrected chi connectivity index (χ1v) is 8.21. The number of aromatic nitrogens is 3. The number of hydrogen-bond donors (Lipinski definition) is 1. The first-order valence-electron chi connectivity index (χ1n) is 8.21. The van der Waals surface area contributed by atoms with Crippen molar-refractivity contribution < 1.29 is 22.4 Å². The standard InChI is InChI=1S/C16H17F4N5O2/c1-23-13(16(18,19)20)22-25(15(23)27)12-6-8-24(9-7-12)14(26)21-11-4-2-10(17)3-5-11/h2-5,12H,6-9H2,1H3,(H,21,26). The lowest BCUT2D eigenvalue weighted by molar-refractivity contribution is -0.147. The minimum atomic E-state index is -4.71. The van der Waals surface area contributed by atoms with Crippen LogP contribution in [0, 0.1) is 5.82 Å². The van der Waals surface area contributed by atoms with Gasteiger partial charge in [-0.2, -0.15) is 13.2 Å². The van der Waals surface area contributed by atoms with E-state index >= 15 is 0 Å². The fourth-order valence-corrected chi connectivity index (χ4v) is 2.99. The Morgan fingerprint density at radius 1 is 1.19 bits per heavy atom. The molecule has 0 unspecified atom stereocenters. The maximum atomic E-state index is 12.9. The van der Waals surface area contributed by atoms with Gasteiger partial charge in [-0.25, -0.2) is 18.7 Å². The van der Waals surface area contributed by atoms with Gasteiger partial charge in [0, 0.05) is 25.8 Å². The molecule has 2 heterocycles. The van der Waals surface area contributed by atoms with Crippen molar-refractivity contribution in [1.29, 1.82) is 0 Å². The first-order chi connectivity index (χ1) is 12.7. The quantitative estimate of drug-likeness (QED) is 0.806. The number of nitrogens with zero attached hydrogens (tertiary/aromatic N) is 4. The average Bonchev–Trinajstić information content (AvgIpc) is 2.92. The summed E-state index contributed by atoms with van der Waals surface area (Å²) in [5.41, 5.74) is -0.407. The topological polar surface area (TPSA) is 72.2 Å². The molecule has 0 atom stereocenters. The van der Waals surface area contributed by atoms with Crippen molar-refractivity contribution in [2.24, 2.45) is 7.05 Å². The van der Waals surface area contributed by atoms with Gasteiger partial charge in [0.15, 0.2) is 0 Å². The molecule has 146 valence electrons. The van der Waals surface area contributed by atoms with E-state index in [1.165, 1.54) is 29.2 Å². The van der Waals surface area contributed by atoms with Crippen molar-refractivity contribution in [2.45, 2.75) is 25.1 Å². The van der Waals surface area contributed by atoms with Crippen LogP contribution < -0.4 is 11.0 Å². The maximum absolute atomic E-state index is 12.9. The van der Waals surface area contributed by atoms with Gasteiger partial charge in [-0.1, -0.05) is 0 Å². The zero-order valence-corrected chi connectivity index (χ0v) is 14.3. The summed E-state index contributed by atoms with van der Waals surface area (Å²) in [6.45, 7) is 0.504. The number of nitrogens with one attached hydrogen (secondary N) is 1. The molecule has 1 aliphatic rings. The van der Waals surface area contributed by atoms with Crippen molar-refractivity contribution in [3.05, 3.63) is 46.4 Å². The summed E-state index contributed by atoms with van der Waals surface area (Å²) in [6, 6.07) is 4.36. The number of likely N-dealkylation sites (tertiary alicyclic amines) is 1. The van der Waals surface area contributed by atoms with E-state index in [1.807, 2.05) is 0 Å². The predicted octanol–water partition coefficient (Wildman–Crippen LogP) is 2.61. The number of hydrogen-bond acceptors (Lipinski definition) is 3. The highest BCUT2D eigenvalue weighted by atomic mass is 19.4. The lowest BCUT2D eigenvalue weighted by atomic mass is 10.1. The molecular weight excluding hydrogens is 370 g/mol. The lowest BCUT2D eigenvalue weighted by Crippen LogP contribution is -2.43. The van der Waals surface area contributed by atoms with E-state index in [2.05, 4.69) is 10.4 Å². The molecule has 1 aromatic carbocycles. The van der Waals surface area contributed by atoms with Gasteiger partial charge in [-0.05, 0) is 37.1 Å². The van der Waals surface area contributed by atoms with Crippen LogP contribution in [-0.2, 0) is 13.2 Å². The van der Waals surface area contributed by atoms with Crippen molar-refractivity contribution in [1.82, 2.24) is 19.2 Å². The number of benzene rings is 1. The van der Waals surface area contributed by atoms with E-state index < -0.39 is 35.6 Å². The molecule has 0 bridgehead atoms. The van der Waals surface area contributed by atoms with E-state index in [1.54, 1.807) is 0 Å². The number of urea groups is 1. The van der Waals surface area contributed by atoms with E-state index in [0.717, 1.165) is 11.7 Å². The summed E-state index contributed by atoms with van der Waals surface area (Å²) in [5.74, 6) is -1.67. The molecule has 1 saturated heterocycles.